The van der Waals surface area contributed by atoms with Gasteiger partial charge < -0.3 is 5.73 Å². The summed E-state index contributed by atoms with van der Waals surface area (Å²) in [5, 5.41) is 0. The summed E-state index contributed by atoms with van der Waals surface area (Å²) in [5.41, 5.74) is 9.41. The van der Waals surface area contributed by atoms with Crippen LogP contribution in [0.2, 0.25) is 0 Å². The van der Waals surface area contributed by atoms with Gasteiger partial charge in [0.15, 0.2) is 0 Å². The Hall–Kier alpha value is -0.820. The quantitative estimate of drug-likeness (QED) is 0.747. The Kier molecular flexibility index (Phi) is 3.65. The molecular weight excluding hydrogens is 194 g/mol. The fourth-order valence-electron chi connectivity index (χ4n) is 2.84. The van der Waals surface area contributed by atoms with Crippen molar-refractivity contribution in [1.29, 1.82) is 0 Å². The van der Waals surface area contributed by atoms with Crippen molar-refractivity contribution >= 4 is 0 Å². The molecule has 2 rings (SSSR count). The molecule has 1 nitrogen and oxygen atoms in total. The minimum Gasteiger partial charge on any atom is -0.321 e. The molecule has 16 heavy (non-hydrogen) atoms. The molecule has 1 unspecified atom stereocenters. The molecule has 0 saturated heterocycles. The number of hydrogen-bond donors (Lipinski definition) is 1. The van der Waals surface area contributed by atoms with Crippen molar-refractivity contribution in [3.63, 3.8) is 0 Å². The molecule has 0 heterocycles. The highest BCUT2D eigenvalue weighted by Gasteiger charge is 2.33. The monoisotopic (exact) mass is 217 g/mol. The Bertz CT molecular complexity index is 345. The Morgan fingerprint density at radius 3 is 2.81 bits per heavy atom. The largest absolute Gasteiger partial charge is 0.321 e. The van der Waals surface area contributed by atoms with Gasteiger partial charge in [-0.05, 0) is 30.4 Å². The number of benzene rings is 1. The van der Waals surface area contributed by atoms with Crippen LogP contribution in [0.15, 0.2) is 24.3 Å². The van der Waals surface area contributed by atoms with Crippen LogP contribution in [0.25, 0.3) is 0 Å². The van der Waals surface area contributed by atoms with Gasteiger partial charge in [-0.3, -0.25) is 0 Å². The average Bonchev–Trinajstić information content (AvgIpc) is 2.64. The predicted molar refractivity (Wildman–Crippen MR) is 69.4 cm³/mol. The van der Waals surface area contributed by atoms with Crippen LogP contribution in [0.5, 0.6) is 0 Å². The second-order valence-electron chi connectivity index (χ2n) is 5.12. The van der Waals surface area contributed by atoms with Crippen LogP contribution in [-0.4, -0.2) is 0 Å². The zero-order valence-electron chi connectivity index (χ0n) is 10.3. The normalized spacial score (nSPS) is 23.4. The Morgan fingerprint density at radius 2 is 2.00 bits per heavy atom. The first-order valence-corrected chi connectivity index (χ1v) is 6.63. The molecule has 1 atom stereocenters. The van der Waals surface area contributed by atoms with E-state index in [0.29, 0.717) is 0 Å². The van der Waals surface area contributed by atoms with Gasteiger partial charge in [0.25, 0.3) is 0 Å². The summed E-state index contributed by atoms with van der Waals surface area (Å²) in [6.45, 7) is 2.25. The molecule has 0 saturated carbocycles. The van der Waals surface area contributed by atoms with E-state index in [1.165, 1.54) is 43.2 Å². The van der Waals surface area contributed by atoms with Gasteiger partial charge in [0.05, 0.1) is 0 Å². The van der Waals surface area contributed by atoms with Gasteiger partial charge in [-0.1, -0.05) is 56.9 Å². The summed E-state index contributed by atoms with van der Waals surface area (Å²) in [7, 11) is 0. The van der Waals surface area contributed by atoms with Crippen LogP contribution in [0.3, 0.4) is 0 Å². The molecule has 0 aromatic heterocycles. The summed E-state index contributed by atoms with van der Waals surface area (Å²) in [6, 6.07) is 8.71. The zero-order chi connectivity index (χ0) is 11.4. The maximum atomic E-state index is 6.55. The molecule has 0 radical (unpaired) electrons. The fourth-order valence-corrected chi connectivity index (χ4v) is 2.84. The van der Waals surface area contributed by atoms with E-state index in [-0.39, 0.29) is 5.54 Å². The molecule has 1 aliphatic rings. The lowest BCUT2D eigenvalue weighted by atomic mass is 9.87. The predicted octanol–water partition coefficient (Wildman–Crippen LogP) is 3.76. The Morgan fingerprint density at radius 1 is 1.19 bits per heavy atom. The zero-order valence-corrected chi connectivity index (χ0v) is 10.3. The molecule has 88 valence electrons. The van der Waals surface area contributed by atoms with Crippen LogP contribution in [-0.2, 0) is 12.0 Å². The molecule has 1 heteroatoms. The topological polar surface area (TPSA) is 26.0 Å². The second-order valence-corrected chi connectivity index (χ2v) is 5.12. The van der Waals surface area contributed by atoms with Gasteiger partial charge in [0, 0.05) is 5.54 Å². The lowest BCUT2D eigenvalue weighted by molar-refractivity contribution is 0.385. The van der Waals surface area contributed by atoms with Gasteiger partial charge in [0.1, 0.15) is 0 Å². The molecule has 0 spiro atoms. The standard InChI is InChI=1S/C15H23N/c1-2-3-4-7-11-15(16)12-10-13-8-5-6-9-14(13)15/h5-6,8-9H,2-4,7,10-12,16H2,1H3. The van der Waals surface area contributed by atoms with E-state index in [2.05, 4.69) is 31.2 Å². The molecule has 1 aromatic carbocycles. The first kappa shape index (κ1) is 11.7. The molecule has 1 aliphatic carbocycles. The van der Waals surface area contributed by atoms with E-state index in [9.17, 15) is 0 Å². The summed E-state index contributed by atoms with van der Waals surface area (Å²) < 4.78 is 0. The number of unbranched alkanes of at least 4 members (excludes halogenated alkanes) is 3. The maximum absolute atomic E-state index is 6.55. The van der Waals surface area contributed by atoms with E-state index in [4.69, 9.17) is 5.73 Å². The smallest absolute Gasteiger partial charge is 0.0415 e. The van der Waals surface area contributed by atoms with Gasteiger partial charge >= 0.3 is 0 Å². The second kappa shape index (κ2) is 5.01. The van der Waals surface area contributed by atoms with Crippen molar-refractivity contribution in [2.45, 2.75) is 57.4 Å². The molecular formula is C15H23N. The summed E-state index contributed by atoms with van der Waals surface area (Å²) in [6.07, 6.45) is 8.71. The minimum atomic E-state index is -0.0235. The number of aryl methyl sites for hydroxylation is 1. The van der Waals surface area contributed by atoms with E-state index >= 15 is 0 Å². The fraction of sp³-hybridized carbons (Fsp3) is 0.600. The van der Waals surface area contributed by atoms with Crippen LogP contribution >= 0.6 is 0 Å². The molecule has 0 fully saturated rings. The van der Waals surface area contributed by atoms with E-state index < -0.39 is 0 Å². The van der Waals surface area contributed by atoms with Gasteiger partial charge in [-0.2, -0.15) is 0 Å². The maximum Gasteiger partial charge on any atom is 0.0415 e. The summed E-state index contributed by atoms with van der Waals surface area (Å²) in [5.74, 6) is 0. The van der Waals surface area contributed by atoms with Gasteiger partial charge in [-0.25, -0.2) is 0 Å². The summed E-state index contributed by atoms with van der Waals surface area (Å²) in [4.78, 5) is 0. The first-order valence-electron chi connectivity index (χ1n) is 6.63. The van der Waals surface area contributed by atoms with Crippen molar-refractivity contribution in [3.8, 4) is 0 Å². The van der Waals surface area contributed by atoms with Crippen molar-refractivity contribution in [2.75, 3.05) is 0 Å². The molecule has 2 N–H and O–H groups in total. The van der Waals surface area contributed by atoms with Crippen LogP contribution < -0.4 is 5.73 Å². The third-order valence-corrected chi connectivity index (χ3v) is 3.87. The average molecular weight is 217 g/mol. The molecule has 0 bridgehead atoms. The molecule has 0 amide bonds. The van der Waals surface area contributed by atoms with Crippen molar-refractivity contribution in [3.05, 3.63) is 35.4 Å². The van der Waals surface area contributed by atoms with E-state index in [1.54, 1.807) is 0 Å². The molecule has 1 aromatic rings. The van der Waals surface area contributed by atoms with Gasteiger partial charge in [0.2, 0.25) is 0 Å². The number of nitrogens with two attached hydrogens (primary N) is 1. The van der Waals surface area contributed by atoms with E-state index in [1.807, 2.05) is 0 Å². The number of hydrogen-bond acceptors (Lipinski definition) is 1. The van der Waals surface area contributed by atoms with Crippen molar-refractivity contribution in [2.24, 2.45) is 5.73 Å². The number of fused-ring (bicyclic) bond motifs is 1. The number of rotatable bonds is 5. The Balaban J connectivity index is 1.99. The van der Waals surface area contributed by atoms with Crippen LogP contribution in [0.4, 0.5) is 0 Å². The highest BCUT2D eigenvalue weighted by atomic mass is 14.8. The Labute approximate surface area is 99.0 Å². The highest BCUT2D eigenvalue weighted by Crippen LogP contribution is 2.38. The van der Waals surface area contributed by atoms with E-state index in [0.717, 1.165) is 12.8 Å². The van der Waals surface area contributed by atoms with Crippen LogP contribution in [0, 0.1) is 0 Å². The van der Waals surface area contributed by atoms with Gasteiger partial charge in [-0.15, -0.1) is 0 Å². The first-order chi connectivity index (χ1) is 7.76. The van der Waals surface area contributed by atoms with Crippen molar-refractivity contribution < 1.29 is 0 Å². The van der Waals surface area contributed by atoms with Crippen molar-refractivity contribution in [1.82, 2.24) is 0 Å². The highest BCUT2D eigenvalue weighted by molar-refractivity contribution is 5.38. The third-order valence-electron chi connectivity index (χ3n) is 3.87. The minimum absolute atomic E-state index is 0.0235. The SMILES string of the molecule is CCCCCCC1(N)CCc2ccccc21. The molecule has 0 aliphatic heterocycles. The third kappa shape index (κ3) is 2.30. The lowest BCUT2D eigenvalue weighted by Crippen LogP contribution is -2.33. The lowest BCUT2D eigenvalue weighted by Gasteiger charge is -2.25. The summed E-state index contributed by atoms with van der Waals surface area (Å²) >= 11 is 0. The van der Waals surface area contributed by atoms with Crippen LogP contribution in [0.1, 0.15) is 56.6 Å².